The molecular formula is C31H29F3N7O5S2+. The minimum Gasteiger partial charge on any atom is -0.493 e. The lowest BCUT2D eigenvalue weighted by Crippen LogP contribution is -2.51. The number of carbonyl (C=O) groups excluding carboxylic acids is 1. The number of piperazine rings is 1. The van der Waals surface area contributed by atoms with Gasteiger partial charge in [-0.1, -0.05) is 4.98 Å². The van der Waals surface area contributed by atoms with Crippen LogP contribution in [0.25, 0.3) is 21.9 Å². The van der Waals surface area contributed by atoms with Crippen LogP contribution in [-0.4, -0.2) is 74.7 Å². The molecule has 0 radical (unpaired) electrons. The summed E-state index contributed by atoms with van der Waals surface area (Å²) >= 11 is 5.64. The summed E-state index contributed by atoms with van der Waals surface area (Å²) in [6.07, 6.45) is -2.94. The predicted molar refractivity (Wildman–Crippen MR) is 176 cm³/mol. The van der Waals surface area contributed by atoms with E-state index in [0.29, 0.717) is 60.6 Å². The molecule has 12 nitrogen and oxygen atoms in total. The molecule has 0 atom stereocenters. The van der Waals surface area contributed by atoms with Crippen molar-refractivity contribution < 1.29 is 40.8 Å². The number of hydrogen-bond donors (Lipinski definition) is 3. The van der Waals surface area contributed by atoms with Crippen LogP contribution >= 0.6 is 12.2 Å². The summed E-state index contributed by atoms with van der Waals surface area (Å²) in [6.45, 7) is 2.50. The number of halogens is 3. The molecule has 1 aliphatic heterocycles. The van der Waals surface area contributed by atoms with Crippen molar-refractivity contribution in [3.8, 4) is 11.5 Å². The molecule has 3 heterocycles. The van der Waals surface area contributed by atoms with Crippen LogP contribution in [0.4, 0.5) is 24.7 Å². The SMILES string of the molecule is COc1cc2[nH]c3nc[nH+]c(N4CCN(C(=S)Nc5ccc(S(=O)(=O)NC(=O)c6ccc(C(F)(F)F)cc6)cc5)CC4)c3c2cc1OC. The third-order valence-corrected chi connectivity index (χ3v) is 9.62. The monoisotopic (exact) mass is 700 g/mol. The summed E-state index contributed by atoms with van der Waals surface area (Å²) in [4.78, 5) is 27.6. The Labute approximate surface area is 277 Å². The molecule has 4 N–H and O–H groups in total. The van der Waals surface area contributed by atoms with Gasteiger partial charge in [0, 0.05) is 22.7 Å². The molecule has 1 saturated heterocycles. The molecule has 48 heavy (non-hydrogen) atoms. The average molecular weight is 701 g/mol. The molecular weight excluding hydrogens is 672 g/mol. The fourth-order valence-corrected chi connectivity index (χ4v) is 6.70. The van der Waals surface area contributed by atoms with Crippen molar-refractivity contribution in [2.75, 3.05) is 50.6 Å². The number of nitrogens with one attached hydrogen (secondary N) is 4. The summed E-state index contributed by atoms with van der Waals surface area (Å²) in [5.74, 6) is 1.06. The van der Waals surface area contributed by atoms with Crippen molar-refractivity contribution in [2.24, 2.45) is 0 Å². The first kappa shape index (κ1) is 32.8. The second-order valence-electron chi connectivity index (χ2n) is 10.8. The first-order valence-electron chi connectivity index (χ1n) is 14.5. The minimum absolute atomic E-state index is 0.207. The van der Waals surface area contributed by atoms with Gasteiger partial charge >= 0.3 is 6.18 Å². The van der Waals surface area contributed by atoms with E-state index in [4.69, 9.17) is 21.7 Å². The fraction of sp³-hybridized carbons (Fsp3) is 0.226. The normalized spacial score (nSPS) is 13.9. The van der Waals surface area contributed by atoms with Crippen LogP contribution in [0.5, 0.6) is 11.5 Å². The number of alkyl halides is 3. The van der Waals surface area contributed by atoms with E-state index in [2.05, 4.69) is 25.2 Å². The number of ether oxygens (including phenoxy) is 2. The Morgan fingerprint density at radius 2 is 1.62 bits per heavy atom. The van der Waals surface area contributed by atoms with Crippen LogP contribution in [0.15, 0.2) is 71.9 Å². The van der Waals surface area contributed by atoms with Gasteiger partial charge in [-0.3, -0.25) is 9.69 Å². The van der Waals surface area contributed by atoms with Gasteiger partial charge in [0.05, 0.1) is 56.4 Å². The number of benzene rings is 3. The number of sulfonamides is 1. The van der Waals surface area contributed by atoms with Crippen molar-refractivity contribution in [2.45, 2.75) is 11.1 Å². The molecule has 0 spiro atoms. The smallest absolute Gasteiger partial charge is 0.416 e. The van der Waals surface area contributed by atoms with Gasteiger partial charge in [-0.2, -0.15) is 13.2 Å². The number of aromatic nitrogens is 3. The zero-order valence-electron chi connectivity index (χ0n) is 25.5. The van der Waals surface area contributed by atoms with Gasteiger partial charge in [-0.15, -0.1) is 0 Å². The first-order chi connectivity index (χ1) is 22.9. The molecule has 2 aromatic heterocycles. The maximum absolute atomic E-state index is 12.8. The van der Waals surface area contributed by atoms with Crippen molar-refractivity contribution in [3.05, 3.63) is 78.1 Å². The summed E-state index contributed by atoms with van der Waals surface area (Å²) in [5, 5.41) is 5.43. The summed E-state index contributed by atoms with van der Waals surface area (Å²) < 4.78 is 76.8. The van der Waals surface area contributed by atoms with Crippen molar-refractivity contribution >= 4 is 66.7 Å². The number of thiocarbonyl (C=S) groups is 1. The highest BCUT2D eigenvalue weighted by molar-refractivity contribution is 7.90. The number of rotatable bonds is 7. The van der Waals surface area contributed by atoms with Crippen LogP contribution in [0.2, 0.25) is 0 Å². The zero-order chi connectivity index (χ0) is 34.2. The number of aromatic amines is 2. The Balaban J connectivity index is 1.08. The number of anilines is 2. The van der Waals surface area contributed by atoms with E-state index in [1.54, 1.807) is 20.5 Å². The lowest BCUT2D eigenvalue weighted by Gasteiger charge is -2.34. The van der Waals surface area contributed by atoms with Crippen LogP contribution in [0.3, 0.4) is 0 Å². The molecule has 17 heteroatoms. The van der Waals surface area contributed by atoms with Gasteiger partial charge in [0.2, 0.25) is 17.8 Å². The van der Waals surface area contributed by atoms with E-state index in [9.17, 15) is 26.4 Å². The van der Waals surface area contributed by atoms with E-state index in [0.717, 1.165) is 39.9 Å². The van der Waals surface area contributed by atoms with Crippen LogP contribution in [0, 0.1) is 0 Å². The molecule has 0 unspecified atom stereocenters. The molecule has 1 aliphatic rings. The van der Waals surface area contributed by atoms with Gasteiger partial charge in [0.15, 0.2) is 16.6 Å². The van der Waals surface area contributed by atoms with E-state index in [-0.39, 0.29) is 10.5 Å². The first-order valence-corrected chi connectivity index (χ1v) is 16.4. The molecule has 3 aromatic carbocycles. The van der Waals surface area contributed by atoms with Crippen LogP contribution < -0.4 is 29.4 Å². The number of carbonyl (C=O) groups is 1. The highest BCUT2D eigenvalue weighted by Gasteiger charge is 2.31. The lowest BCUT2D eigenvalue weighted by atomic mass is 10.1. The van der Waals surface area contributed by atoms with Crippen molar-refractivity contribution in [1.29, 1.82) is 0 Å². The van der Waals surface area contributed by atoms with E-state index < -0.39 is 27.7 Å². The highest BCUT2D eigenvalue weighted by atomic mass is 32.2. The topological polar surface area (TPSA) is 143 Å². The van der Waals surface area contributed by atoms with E-state index >= 15 is 0 Å². The molecule has 250 valence electrons. The molecule has 1 amide bonds. The maximum Gasteiger partial charge on any atom is 0.416 e. The van der Waals surface area contributed by atoms with Gasteiger partial charge in [0.25, 0.3) is 15.9 Å². The number of fused-ring (bicyclic) bond motifs is 3. The van der Waals surface area contributed by atoms with Gasteiger partial charge in [-0.05, 0) is 66.8 Å². The third-order valence-electron chi connectivity index (χ3n) is 7.92. The highest BCUT2D eigenvalue weighted by Crippen LogP contribution is 2.37. The molecule has 0 bridgehead atoms. The molecule has 5 aromatic rings. The quantitative estimate of drug-likeness (QED) is 0.212. The average Bonchev–Trinajstić information content (AvgIpc) is 3.45. The van der Waals surface area contributed by atoms with E-state index in [1.165, 1.54) is 24.3 Å². The molecule has 0 aliphatic carbocycles. The lowest BCUT2D eigenvalue weighted by molar-refractivity contribution is -0.367. The number of hydrogen-bond acceptors (Lipinski definition) is 8. The Bertz CT molecular complexity index is 2120. The van der Waals surface area contributed by atoms with Gasteiger partial charge in [-0.25, -0.2) is 18.1 Å². The van der Waals surface area contributed by atoms with E-state index in [1.807, 2.05) is 21.8 Å². The largest absolute Gasteiger partial charge is 0.493 e. The fourth-order valence-electron chi connectivity index (χ4n) is 5.43. The minimum atomic E-state index is -4.58. The Kier molecular flexibility index (Phi) is 8.74. The third kappa shape index (κ3) is 6.50. The molecule has 6 rings (SSSR count). The van der Waals surface area contributed by atoms with Gasteiger partial charge < -0.3 is 24.7 Å². The second kappa shape index (κ2) is 12.8. The Hall–Kier alpha value is -5.16. The standard InChI is InChI=1S/C31H28F3N7O5S2/c1-45-24-15-22-23(16-25(24)46-2)38-27-26(22)28(36-17-35-27)40-11-13-41(14-12-40)30(47)37-20-7-9-21(10-8-20)48(43,44)39-29(42)18-3-5-19(6-4-18)31(32,33)34/h3-10,15-17H,11-14H2,1-2H3,(H,37,47)(H,39,42)(H,35,36,38)/p+1. The van der Waals surface area contributed by atoms with Crippen LogP contribution in [-0.2, 0) is 16.2 Å². The molecule has 0 saturated carbocycles. The number of nitrogens with zero attached hydrogens (tertiary/aromatic N) is 3. The van der Waals surface area contributed by atoms with Gasteiger partial charge in [0.1, 0.15) is 5.39 Å². The summed E-state index contributed by atoms with van der Waals surface area (Å²) in [6, 6.07) is 12.6. The number of amides is 1. The maximum atomic E-state index is 12.8. The van der Waals surface area contributed by atoms with Crippen molar-refractivity contribution in [1.82, 2.24) is 19.6 Å². The number of H-pyrrole nitrogens is 2. The predicted octanol–water partition coefficient (Wildman–Crippen LogP) is 4.20. The Morgan fingerprint density at radius 3 is 2.25 bits per heavy atom. The molecule has 1 fully saturated rings. The zero-order valence-corrected chi connectivity index (χ0v) is 27.1. The second-order valence-corrected chi connectivity index (χ2v) is 12.9. The number of methoxy groups -OCH3 is 2. The van der Waals surface area contributed by atoms with Crippen molar-refractivity contribution in [3.63, 3.8) is 0 Å². The summed E-state index contributed by atoms with van der Waals surface area (Å²) in [5.41, 5.74) is 0.928. The Morgan fingerprint density at radius 1 is 0.979 bits per heavy atom. The summed E-state index contributed by atoms with van der Waals surface area (Å²) in [7, 11) is -1.12. The van der Waals surface area contributed by atoms with Crippen LogP contribution in [0.1, 0.15) is 15.9 Å².